The first-order valence-corrected chi connectivity index (χ1v) is 11.4. The molecular formula is C23H29ClFN3O5. The lowest BCUT2D eigenvalue weighted by molar-refractivity contribution is -0.150. The van der Waals surface area contributed by atoms with Crippen molar-refractivity contribution in [1.82, 2.24) is 10.2 Å². The Kier molecular flexibility index (Phi) is 7.31. The molecule has 1 saturated heterocycles. The minimum Gasteiger partial charge on any atom is -0.454 e. The molecule has 1 aromatic carbocycles. The van der Waals surface area contributed by atoms with Crippen molar-refractivity contribution >= 4 is 41.1 Å². The predicted molar refractivity (Wildman–Crippen MR) is 120 cm³/mol. The van der Waals surface area contributed by atoms with Crippen LogP contribution in [0.3, 0.4) is 0 Å². The zero-order valence-electron chi connectivity index (χ0n) is 19.0. The highest BCUT2D eigenvalue weighted by atomic mass is 35.5. The molecule has 0 radical (unpaired) electrons. The molecule has 1 aliphatic carbocycles. The van der Waals surface area contributed by atoms with E-state index < -0.39 is 48.3 Å². The molecule has 33 heavy (non-hydrogen) atoms. The fourth-order valence-corrected chi connectivity index (χ4v) is 4.61. The molecule has 3 rings (SSSR count). The standard InChI is InChI=1S/C23H29ClFN3O5/c1-4-22(2,3)14-7-9-23(10-8-14)20(31)28(21(32)27-23)12-19(30)33-13-18(29)26-17-11-15(24)5-6-16(17)25/h5-6,11,14H,4,7-10,12-13H2,1-3H3,(H,26,29)(H,27,32). The fraction of sp³-hybridized carbons (Fsp3) is 0.565. The lowest BCUT2D eigenvalue weighted by Crippen LogP contribution is -2.51. The third-order valence-corrected chi connectivity index (χ3v) is 7.19. The van der Waals surface area contributed by atoms with Crippen LogP contribution in [0, 0.1) is 17.2 Å². The summed E-state index contributed by atoms with van der Waals surface area (Å²) in [5, 5.41) is 5.24. The first-order chi connectivity index (χ1) is 15.5. The number of imide groups is 1. The van der Waals surface area contributed by atoms with E-state index in [1.54, 1.807) is 0 Å². The summed E-state index contributed by atoms with van der Waals surface area (Å²) in [6, 6.07) is 3.00. The van der Waals surface area contributed by atoms with E-state index in [0.717, 1.165) is 30.2 Å². The molecule has 4 amide bonds. The molecule has 2 fully saturated rings. The maximum atomic E-state index is 13.7. The lowest BCUT2D eigenvalue weighted by atomic mass is 9.65. The van der Waals surface area contributed by atoms with Gasteiger partial charge in [0.1, 0.15) is 17.9 Å². The van der Waals surface area contributed by atoms with Gasteiger partial charge in [0.2, 0.25) is 0 Å². The number of anilines is 1. The molecular weight excluding hydrogens is 453 g/mol. The quantitative estimate of drug-likeness (QED) is 0.454. The van der Waals surface area contributed by atoms with Gasteiger partial charge in [-0.1, -0.05) is 38.8 Å². The molecule has 1 aliphatic heterocycles. The summed E-state index contributed by atoms with van der Waals surface area (Å²) < 4.78 is 18.6. The summed E-state index contributed by atoms with van der Waals surface area (Å²) in [6.45, 7) is 5.27. The van der Waals surface area contributed by atoms with E-state index in [4.69, 9.17) is 16.3 Å². The molecule has 1 saturated carbocycles. The van der Waals surface area contributed by atoms with Crippen LogP contribution in [0.15, 0.2) is 18.2 Å². The Balaban J connectivity index is 1.52. The van der Waals surface area contributed by atoms with Crippen molar-refractivity contribution < 1.29 is 28.3 Å². The normalized spacial score (nSPS) is 22.9. The van der Waals surface area contributed by atoms with Gasteiger partial charge >= 0.3 is 12.0 Å². The topological polar surface area (TPSA) is 105 Å². The molecule has 1 spiro atoms. The van der Waals surface area contributed by atoms with Gasteiger partial charge in [0.15, 0.2) is 6.61 Å². The Morgan fingerprint density at radius 1 is 1.30 bits per heavy atom. The third kappa shape index (κ3) is 5.46. The van der Waals surface area contributed by atoms with Crippen molar-refractivity contribution in [2.24, 2.45) is 11.3 Å². The number of hydrogen-bond acceptors (Lipinski definition) is 5. The highest BCUT2D eigenvalue weighted by Crippen LogP contribution is 2.45. The van der Waals surface area contributed by atoms with Gasteiger partial charge in [-0.25, -0.2) is 9.18 Å². The van der Waals surface area contributed by atoms with Crippen LogP contribution < -0.4 is 10.6 Å². The van der Waals surface area contributed by atoms with Crippen LogP contribution in [0.5, 0.6) is 0 Å². The molecule has 1 heterocycles. The van der Waals surface area contributed by atoms with Gasteiger partial charge in [-0.05, 0) is 55.2 Å². The number of carbonyl (C=O) groups excluding carboxylic acids is 4. The molecule has 1 aromatic rings. The van der Waals surface area contributed by atoms with Crippen LogP contribution in [0.4, 0.5) is 14.9 Å². The number of benzene rings is 1. The average Bonchev–Trinajstić information content (AvgIpc) is 2.99. The minimum atomic E-state index is -0.987. The number of halogens is 2. The smallest absolute Gasteiger partial charge is 0.326 e. The van der Waals surface area contributed by atoms with Crippen molar-refractivity contribution in [3.05, 3.63) is 29.0 Å². The van der Waals surface area contributed by atoms with E-state index in [1.165, 1.54) is 12.1 Å². The van der Waals surface area contributed by atoms with Crippen molar-refractivity contribution in [1.29, 1.82) is 0 Å². The number of rotatable bonds is 7. The van der Waals surface area contributed by atoms with Crippen molar-refractivity contribution in [3.8, 4) is 0 Å². The molecule has 8 nitrogen and oxygen atoms in total. The van der Waals surface area contributed by atoms with Gasteiger partial charge in [-0.2, -0.15) is 0 Å². The Morgan fingerprint density at radius 3 is 2.61 bits per heavy atom. The maximum Gasteiger partial charge on any atom is 0.326 e. The zero-order chi connectivity index (χ0) is 24.4. The molecule has 2 aliphatic rings. The molecule has 0 aromatic heterocycles. The largest absolute Gasteiger partial charge is 0.454 e. The summed E-state index contributed by atoms with van der Waals surface area (Å²) >= 11 is 5.77. The van der Waals surface area contributed by atoms with Gasteiger partial charge < -0.3 is 15.4 Å². The number of amides is 4. The van der Waals surface area contributed by atoms with Gasteiger partial charge in [-0.3, -0.25) is 19.3 Å². The summed E-state index contributed by atoms with van der Waals surface area (Å²) in [5.74, 6) is -2.38. The molecule has 180 valence electrons. The van der Waals surface area contributed by atoms with Crippen LogP contribution in [0.2, 0.25) is 5.02 Å². The molecule has 10 heteroatoms. The Hall–Kier alpha value is -2.68. The molecule has 0 bridgehead atoms. The number of carbonyl (C=O) groups is 4. The fourth-order valence-electron chi connectivity index (χ4n) is 4.44. The van der Waals surface area contributed by atoms with E-state index >= 15 is 0 Å². The van der Waals surface area contributed by atoms with Gasteiger partial charge in [0, 0.05) is 5.02 Å². The first kappa shape index (κ1) is 25.0. The Bertz CT molecular complexity index is 959. The Labute approximate surface area is 197 Å². The number of esters is 1. The highest BCUT2D eigenvalue weighted by molar-refractivity contribution is 6.30. The van der Waals surface area contributed by atoms with Gasteiger partial charge in [0.05, 0.1) is 5.69 Å². The van der Waals surface area contributed by atoms with Crippen LogP contribution in [0.1, 0.15) is 52.9 Å². The lowest BCUT2D eigenvalue weighted by Gasteiger charge is -2.42. The summed E-state index contributed by atoms with van der Waals surface area (Å²) in [4.78, 5) is 50.4. The van der Waals surface area contributed by atoms with Crippen LogP contribution in [-0.4, -0.2) is 47.4 Å². The predicted octanol–water partition coefficient (Wildman–Crippen LogP) is 3.88. The van der Waals surface area contributed by atoms with Crippen LogP contribution >= 0.6 is 11.6 Å². The van der Waals surface area contributed by atoms with E-state index in [9.17, 15) is 23.6 Å². The number of hydrogen-bond donors (Lipinski definition) is 2. The van der Waals surface area contributed by atoms with E-state index in [1.807, 2.05) is 0 Å². The number of urea groups is 1. The zero-order valence-corrected chi connectivity index (χ0v) is 19.8. The monoisotopic (exact) mass is 481 g/mol. The second kappa shape index (κ2) is 9.67. The van der Waals surface area contributed by atoms with Crippen LogP contribution in [-0.2, 0) is 19.1 Å². The van der Waals surface area contributed by atoms with E-state index in [0.29, 0.717) is 18.8 Å². The number of ether oxygens (including phenoxy) is 1. The summed E-state index contributed by atoms with van der Waals surface area (Å²) in [7, 11) is 0. The number of nitrogens with one attached hydrogen (secondary N) is 2. The van der Waals surface area contributed by atoms with Crippen molar-refractivity contribution in [2.75, 3.05) is 18.5 Å². The first-order valence-electron chi connectivity index (χ1n) is 11.0. The average molecular weight is 482 g/mol. The molecule has 0 atom stereocenters. The van der Waals surface area contributed by atoms with E-state index in [2.05, 4.69) is 31.4 Å². The maximum absolute atomic E-state index is 13.7. The summed E-state index contributed by atoms with van der Waals surface area (Å²) in [6.07, 6.45) is 3.69. The molecule has 0 unspecified atom stereocenters. The summed E-state index contributed by atoms with van der Waals surface area (Å²) in [5.41, 5.74) is -0.980. The minimum absolute atomic E-state index is 0.151. The van der Waals surface area contributed by atoms with Crippen LogP contribution in [0.25, 0.3) is 0 Å². The van der Waals surface area contributed by atoms with Crippen molar-refractivity contribution in [3.63, 3.8) is 0 Å². The third-order valence-electron chi connectivity index (χ3n) is 6.96. The van der Waals surface area contributed by atoms with Crippen molar-refractivity contribution in [2.45, 2.75) is 58.4 Å². The number of nitrogens with zero attached hydrogens (tertiary/aromatic N) is 1. The molecule has 2 N–H and O–H groups in total. The van der Waals surface area contributed by atoms with Gasteiger partial charge in [-0.15, -0.1) is 0 Å². The second-order valence-electron chi connectivity index (χ2n) is 9.35. The highest BCUT2D eigenvalue weighted by Gasteiger charge is 2.53. The second-order valence-corrected chi connectivity index (χ2v) is 9.79. The van der Waals surface area contributed by atoms with E-state index in [-0.39, 0.29) is 16.1 Å². The Morgan fingerprint density at radius 2 is 1.97 bits per heavy atom. The SMILES string of the molecule is CCC(C)(C)C1CCC2(CC1)NC(=O)N(CC(=O)OCC(=O)Nc1cc(Cl)ccc1F)C2=O. The van der Waals surface area contributed by atoms with Gasteiger partial charge in [0.25, 0.3) is 11.8 Å².